The molecule has 1 aromatic carbocycles. The van der Waals surface area contributed by atoms with E-state index in [1.54, 1.807) is 0 Å². The number of hydrogen-bond acceptors (Lipinski definition) is 7. The standard InChI is InChI=1S/C13H15N9O/c14-13-17-10(18-19-13)6-7-15-12(23)11(22-8-16-20-21-22)9-4-2-1-3-5-9/h1-5,8,11H,6-7H2,(H,15,23)(H3,14,17,18,19)/t11-/m1/s1. The number of aromatic amines is 1. The highest BCUT2D eigenvalue weighted by Crippen LogP contribution is 2.16. The number of amides is 1. The van der Waals surface area contributed by atoms with Gasteiger partial charge >= 0.3 is 0 Å². The van der Waals surface area contributed by atoms with Crippen LogP contribution in [0.5, 0.6) is 0 Å². The molecule has 0 aliphatic heterocycles. The number of anilines is 1. The van der Waals surface area contributed by atoms with Crippen LogP contribution in [0, 0.1) is 0 Å². The lowest BCUT2D eigenvalue weighted by Gasteiger charge is -2.16. The van der Waals surface area contributed by atoms with E-state index in [4.69, 9.17) is 5.73 Å². The van der Waals surface area contributed by atoms with Crippen LogP contribution in [0.15, 0.2) is 36.7 Å². The van der Waals surface area contributed by atoms with Crippen LogP contribution in [0.4, 0.5) is 5.95 Å². The van der Waals surface area contributed by atoms with Crippen LogP contribution in [0.3, 0.4) is 0 Å². The summed E-state index contributed by atoms with van der Waals surface area (Å²) in [6, 6.07) is 8.67. The smallest absolute Gasteiger partial charge is 0.249 e. The Morgan fingerprint density at radius 2 is 2.17 bits per heavy atom. The average Bonchev–Trinajstić information content (AvgIpc) is 3.21. The van der Waals surface area contributed by atoms with Gasteiger partial charge in [0.1, 0.15) is 12.2 Å². The largest absolute Gasteiger partial charge is 0.367 e. The highest BCUT2D eigenvalue weighted by atomic mass is 16.2. The number of tetrazole rings is 1. The van der Waals surface area contributed by atoms with Crippen LogP contribution in [0.1, 0.15) is 17.4 Å². The molecule has 10 heteroatoms. The summed E-state index contributed by atoms with van der Waals surface area (Å²) in [7, 11) is 0. The highest BCUT2D eigenvalue weighted by Gasteiger charge is 2.23. The van der Waals surface area contributed by atoms with E-state index in [-0.39, 0.29) is 11.9 Å². The molecule has 23 heavy (non-hydrogen) atoms. The molecule has 0 spiro atoms. The summed E-state index contributed by atoms with van der Waals surface area (Å²) in [4.78, 5) is 16.5. The number of nitrogen functional groups attached to an aromatic ring is 1. The van der Waals surface area contributed by atoms with E-state index >= 15 is 0 Å². The molecule has 0 aliphatic rings. The predicted octanol–water partition coefficient (Wildman–Crippen LogP) is -0.678. The molecule has 118 valence electrons. The molecule has 0 saturated heterocycles. The predicted molar refractivity (Wildman–Crippen MR) is 79.9 cm³/mol. The van der Waals surface area contributed by atoms with Gasteiger partial charge in [-0.2, -0.15) is 4.98 Å². The molecule has 0 aliphatic carbocycles. The van der Waals surface area contributed by atoms with Crippen molar-refractivity contribution in [3.63, 3.8) is 0 Å². The first-order valence-corrected chi connectivity index (χ1v) is 6.96. The molecule has 10 nitrogen and oxygen atoms in total. The fourth-order valence-corrected chi connectivity index (χ4v) is 2.17. The number of carbonyl (C=O) groups is 1. The zero-order valence-corrected chi connectivity index (χ0v) is 12.1. The van der Waals surface area contributed by atoms with Crippen LogP contribution in [-0.4, -0.2) is 47.8 Å². The van der Waals surface area contributed by atoms with Crippen molar-refractivity contribution < 1.29 is 4.79 Å². The van der Waals surface area contributed by atoms with Gasteiger partial charge in [0.2, 0.25) is 11.9 Å². The average molecular weight is 313 g/mol. The lowest BCUT2D eigenvalue weighted by molar-refractivity contribution is -0.123. The van der Waals surface area contributed by atoms with Crippen LogP contribution in [-0.2, 0) is 11.2 Å². The maximum absolute atomic E-state index is 12.5. The monoisotopic (exact) mass is 313 g/mol. The number of carbonyl (C=O) groups excluding carboxylic acids is 1. The van der Waals surface area contributed by atoms with Crippen LogP contribution in [0.25, 0.3) is 0 Å². The van der Waals surface area contributed by atoms with E-state index in [9.17, 15) is 4.79 Å². The summed E-state index contributed by atoms with van der Waals surface area (Å²) in [5.41, 5.74) is 6.23. The minimum atomic E-state index is -0.633. The number of benzene rings is 1. The Kier molecular flexibility index (Phi) is 4.22. The van der Waals surface area contributed by atoms with Gasteiger partial charge in [-0.3, -0.25) is 9.89 Å². The SMILES string of the molecule is Nc1n[nH]c(CCNC(=O)[C@@H](c2ccccc2)n2cnnn2)n1. The Balaban J connectivity index is 1.68. The van der Waals surface area contributed by atoms with Gasteiger partial charge < -0.3 is 11.1 Å². The Morgan fingerprint density at radius 1 is 1.35 bits per heavy atom. The van der Waals surface area contributed by atoms with Crippen molar-refractivity contribution in [2.45, 2.75) is 12.5 Å². The van der Waals surface area contributed by atoms with Crippen LogP contribution in [0.2, 0.25) is 0 Å². The Bertz CT molecular complexity index is 753. The Labute approximate surface area is 131 Å². The second-order valence-electron chi connectivity index (χ2n) is 4.78. The number of rotatable bonds is 6. The molecular formula is C13H15N9O. The van der Waals surface area contributed by atoms with Crippen molar-refractivity contribution in [2.24, 2.45) is 0 Å². The highest BCUT2D eigenvalue weighted by molar-refractivity contribution is 5.83. The van der Waals surface area contributed by atoms with Crippen molar-refractivity contribution in [2.75, 3.05) is 12.3 Å². The van der Waals surface area contributed by atoms with Crippen LogP contribution >= 0.6 is 0 Å². The number of nitrogens with two attached hydrogens (primary N) is 1. The maximum atomic E-state index is 12.5. The van der Waals surface area contributed by atoms with E-state index in [0.717, 1.165) is 5.56 Å². The van der Waals surface area contributed by atoms with Gasteiger partial charge in [0.05, 0.1) is 0 Å². The number of nitrogens with one attached hydrogen (secondary N) is 2. The van der Waals surface area contributed by atoms with Gasteiger partial charge in [0.15, 0.2) is 6.04 Å². The molecule has 0 bridgehead atoms. The number of nitrogens with zero attached hydrogens (tertiary/aromatic N) is 6. The van der Waals surface area contributed by atoms with Crippen molar-refractivity contribution in [3.05, 3.63) is 48.0 Å². The van der Waals surface area contributed by atoms with Gasteiger partial charge in [-0.1, -0.05) is 30.3 Å². The fourth-order valence-electron chi connectivity index (χ4n) is 2.17. The summed E-state index contributed by atoms with van der Waals surface area (Å²) >= 11 is 0. The first-order valence-electron chi connectivity index (χ1n) is 6.96. The third-order valence-electron chi connectivity index (χ3n) is 3.20. The minimum Gasteiger partial charge on any atom is -0.367 e. The first kappa shape index (κ1) is 14.6. The van der Waals surface area contributed by atoms with Crippen molar-refractivity contribution in [1.29, 1.82) is 0 Å². The van der Waals surface area contributed by atoms with E-state index in [1.165, 1.54) is 11.0 Å². The lowest BCUT2D eigenvalue weighted by Crippen LogP contribution is -2.35. The van der Waals surface area contributed by atoms with E-state index in [1.807, 2.05) is 30.3 Å². The Hall–Kier alpha value is -3.30. The topological polar surface area (TPSA) is 140 Å². The van der Waals surface area contributed by atoms with Crippen molar-refractivity contribution >= 4 is 11.9 Å². The fraction of sp³-hybridized carbons (Fsp3) is 0.231. The summed E-state index contributed by atoms with van der Waals surface area (Å²) in [6.45, 7) is 0.388. The molecule has 1 amide bonds. The molecule has 2 aromatic heterocycles. The van der Waals surface area contributed by atoms with Gasteiger partial charge in [-0.25, -0.2) is 4.68 Å². The second-order valence-corrected chi connectivity index (χ2v) is 4.78. The molecular weight excluding hydrogens is 298 g/mol. The molecule has 2 heterocycles. The molecule has 3 rings (SSSR count). The molecule has 0 fully saturated rings. The quantitative estimate of drug-likeness (QED) is 0.547. The molecule has 0 unspecified atom stereocenters. The summed E-state index contributed by atoms with van der Waals surface area (Å²) < 4.78 is 1.41. The third kappa shape index (κ3) is 3.48. The Morgan fingerprint density at radius 3 is 2.83 bits per heavy atom. The zero-order valence-electron chi connectivity index (χ0n) is 12.1. The lowest BCUT2D eigenvalue weighted by atomic mass is 10.1. The maximum Gasteiger partial charge on any atom is 0.249 e. The van der Waals surface area contributed by atoms with Gasteiger partial charge in [0.25, 0.3) is 0 Å². The zero-order chi connectivity index (χ0) is 16.1. The van der Waals surface area contributed by atoms with Gasteiger partial charge in [-0.15, -0.1) is 10.2 Å². The first-order chi connectivity index (χ1) is 11.2. The minimum absolute atomic E-state index is 0.183. The normalized spacial score (nSPS) is 12.0. The van der Waals surface area contributed by atoms with Gasteiger partial charge in [0, 0.05) is 13.0 Å². The van der Waals surface area contributed by atoms with Crippen LogP contribution < -0.4 is 11.1 Å². The summed E-state index contributed by atoms with van der Waals surface area (Å²) in [5.74, 6) is 0.583. The van der Waals surface area contributed by atoms with E-state index < -0.39 is 6.04 Å². The van der Waals surface area contributed by atoms with Crippen molar-refractivity contribution in [3.8, 4) is 0 Å². The van der Waals surface area contributed by atoms with Gasteiger partial charge in [-0.05, 0) is 16.0 Å². The molecule has 0 radical (unpaired) electrons. The number of aromatic nitrogens is 7. The number of H-pyrrole nitrogens is 1. The van der Waals surface area contributed by atoms with Crippen molar-refractivity contribution in [1.82, 2.24) is 40.7 Å². The summed E-state index contributed by atoms with van der Waals surface area (Å²) in [5, 5.41) is 20.3. The molecule has 4 N–H and O–H groups in total. The number of hydrogen-bond donors (Lipinski definition) is 3. The molecule has 0 saturated carbocycles. The molecule has 3 aromatic rings. The van der Waals surface area contributed by atoms with E-state index in [0.29, 0.717) is 18.8 Å². The molecule has 1 atom stereocenters. The summed E-state index contributed by atoms with van der Waals surface area (Å²) in [6.07, 6.45) is 1.90. The van der Waals surface area contributed by atoms with E-state index in [2.05, 4.69) is 36.0 Å². The third-order valence-corrected chi connectivity index (χ3v) is 3.20. The second kappa shape index (κ2) is 6.64.